The minimum absolute atomic E-state index is 0.0209. The molecule has 5 nitrogen and oxygen atoms in total. The van der Waals surface area contributed by atoms with Crippen LogP contribution in [0.15, 0.2) is 0 Å². The Morgan fingerprint density at radius 2 is 2.11 bits per heavy atom. The molecule has 0 aromatic carbocycles. The van der Waals surface area contributed by atoms with Crippen LogP contribution in [0, 0.1) is 5.41 Å². The zero-order valence-corrected chi connectivity index (χ0v) is 11.3. The molecule has 1 atom stereocenters. The third kappa shape index (κ3) is 2.91. The topological polar surface area (TPSA) is 77.5 Å². The number of hydrogen-bond acceptors (Lipinski definition) is 5. The number of carbonyl (C=O) groups excluding carboxylic acids is 2. The lowest BCUT2D eigenvalue weighted by molar-refractivity contribution is -0.141. The Morgan fingerprint density at radius 3 is 2.56 bits per heavy atom. The minimum atomic E-state index is -3.27. The van der Waals surface area contributed by atoms with Crippen LogP contribution in [0.25, 0.3) is 0 Å². The van der Waals surface area contributed by atoms with Crippen LogP contribution in [-0.2, 0) is 24.2 Å². The average molecular weight is 274 g/mol. The highest BCUT2D eigenvalue weighted by Crippen LogP contribution is 2.50. The summed E-state index contributed by atoms with van der Waals surface area (Å²) in [4.78, 5) is 22.4. The van der Waals surface area contributed by atoms with E-state index in [1.165, 1.54) is 7.11 Å². The fourth-order valence-corrected chi connectivity index (χ4v) is 4.96. The van der Waals surface area contributed by atoms with Crippen LogP contribution in [0.5, 0.6) is 0 Å². The van der Waals surface area contributed by atoms with Crippen LogP contribution >= 0.6 is 0 Å². The van der Waals surface area contributed by atoms with E-state index in [-0.39, 0.29) is 30.3 Å². The molecule has 0 spiro atoms. The van der Waals surface area contributed by atoms with Gasteiger partial charge in [-0.05, 0) is 24.7 Å². The molecule has 0 heterocycles. The molecule has 0 aromatic heterocycles. The minimum Gasteiger partial charge on any atom is -0.469 e. The molecule has 2 rings (SSSR count). The Balaban J connectivity index is 2.00. The Kier molecular flexibility index (Phi) is 3.49. The van der Waals surface area contributed by atoms with E-state index in [0.717, 1.165) is 12.8 Å². The van der Waals surface area contributed by atoms with Gasteiger partial charge >= 0.3 is 5.97 Å². The van der Waals surface area contributed by atoms with Gasteiger partial charge in [-0.15, -0.1) is 0 Å². The van der Waals surface area contributed by atoms with Gasteiger partial charge in [-0.3, -0.25) is 9.59 Å². The molecule has 18 heavy (non-hydrogen) atoms. The number of rotatable bonds is 5. The van der Waals surface area contributed by atoms with Gasteiger partial charge in [-0.1, -0.05) is 0 Å². The van der Waals surface area contributed by atoms with Crippen LogP contribution in [0.2, 0.25) is 0 Å². The molecule has 1 unspecified atom stereocenters. The zero-order valence-electron chi connectivity index (χ0n) is 10.5. The molecule has 2 aliphatic carbocycles. The van der Waals surface area contributed by atoms with Crippen LogP contribution in [0.4, 0.5) is 0 Å². The van der Waals surface area contributed by atoms with Gasteiger partial charge in [0, 0.05) is 12.8 Å². The Bertz CT molecular complexity index is 461. The number of hydrogen-bond donors (Lipinski definition) is 0. The third-order valence-electron chi connectivity index (χ3n) is 3.92. The van der Waals surface area contributed by atoms with Gasteiger partial charge in [0.05, 0.1) is 24.5 Å². The van der Waals surface area contributed by atoms with Crippen molar-refractivity contribution in [3.05, 3.63) is 0 Å². The van der Waals surface area contributed by atoms with Crippen molar-refractivity contribution in [2.24, 2.45) is 5.41 Å². The molecule has 102 valence electrons. The van der Waals surface area contributed by atoms with Gasteiger partial charge in [0.15, 0.2) is 9.84 Å². The number of methoxy groups -OCH3 is 1. The van der Waals surface area contributed by atoms with Crippen molar-refractivity contribution in [2.75, 3.05) is 12.9 Å². The summed E-state index contributed by atoms with van der Waals surface area (Å²) >= 11 is 0. The molecule has 2 fully saturated rings. The van der Waals surface area contributed by atoms with Crippen molar-refractivity contribution in [3.8, 4) is 0 Å². The van der Waals surface area contributed by atoms with E-state index in [2.05, 4.69) is 4.74 Å². The molecule has 6 heteroatoms. The normalized spacial score (nSPS) is 26.1. The van der Waals surface area contributed by atoms with E-state index < -0.39 is 20.5 Å². The number of ether oxygens (including phenoxy) is 1. The Hall–Kier alpha value is -0.910. The second-order valence-corrected chi connectivity index (χ2v) is 7.74. The van der Waals surface area contributed by atoms with E-state index in [9.17, 15) is 18.0 Å². The molecule has 0 radical (unpaired) electrons. The quantitative estimate of drug-likeness (QED) is 0.695. The summed E-state index contributed by atoms with van der Waals surface area (Å²) in [6.45, 7) is 0. The molecule has 0 aromatic rings. The number of carbonyl (C=O) groups is 2. The highest BCUT2D eigenvalue weighted by atomic mass is 32.2. The molecular weight excluding hydrogens is 256 g/mol. The second-order valence-electron chi connectivity index (χ2n) is 5.46. The van der Waals surface area contributed by atoms with Crippen molar-refractivity contribution in [3.63, 3.8) is 0 Å². The van der Waals surface area contributed by atoms with E-state index in [1.807, 2.05) is 0 Å². The van der Waals surface area contributed by atoms with E-state index >= 15 is 0 Å². The first-order valence-corrected chi connectivity index (χ1v) is 7.89. The molecule has 0 saturated heterocycles. The molecule has 0 N–H and O–H groups in total. The monoisotopic (exact) mass is 274 g/mol. The van der Waals surface area contributed by atoms with Gasteiger partial charge in [-0.2, -0.15) is 0 Å². The maximum atomic E-state index is 12.2. The maximum Gasteiger partial charge on any atom is 0.306 e. The first-order chi connectivity index (χ1) is 8.37. The first-order valence-electron chi connectivity index (χ1n) is 6.17. The molecule has 0 aliphatic heterocycles. The third-order valence-corrected chi connectivity index (χ3v) is 6.35. The number of sulfone groups is 1. The molecule has 0 bridgehead atoms. The summed E-state index contributed by atoms with van der Waals surface area (Å²) in [6.07, 6.45) is 2.63. The molecule has 2 saturated carbocycles. The van der Waals surface area contributed by atoms with Crippen molar-refractivity contribution >= 4 is 21.6 Å². The van der Waals surface area contributed by atoms with Crippen molar-refractivity contribution in [1.29, 1.82) is 0 Å². The summed E-state index contributed by atoms with van der Waals surface area (Å²) in [6, 6.07) is 0. The lowest BCUT2D eigenvalue weighted by atomic mass is 10.1. The molecule has 2 aliphatic rings. The van der Waals surface area contributed by atoms with Crippen LogP contribution < -0.4 is 0 Å². The molecular formula is C12H18O5S. The predicted molar refractivity (Wildman–Crippen MR) is 64.7 cm³/mol. The highest BCUT2D eigenvalue weighted by Gasteiger charge is 2.49. The van der Waals surface area contributed by atoms with Crippen LogP contribution in [0.3, 0.4) is 0 Å². The summed E-state index contributed by atoms with van der Waals surface area (Å²) in [5.41, 5.74) is -0.419. The van der Waals surface area contributed by atoms with Gasteiger partial charge in [0.25, 0.3) is 0 Å². The smallest absolute Gasteiger partial charge is 0.306 e. The Labute approximate surface area is 107 Å². The summed E-state index contributed by atoms with van der Waals surface area (Å²) in [5, 5.41) is -0.528. The SMILES string of the molecule is COC(=O)CC1(CS(=O)(=O)C2CCC(=O)C2)CC1. The number of Topliss-reactive ketones (excluding diaryl/α,β-unsaturated/α-hetero) is 1. The predicted octanol–water partition coefficient (Wildman–Crippen LogP) is 0.866. The lowest BCUT2D eigenvalue weighted by Gasteiger charge is -2.17. The van der Waals surface area contributed by atoms with Crippen molar-refractivity contribution < 1.29 is 22.7 Å². The van der Waals surface area contributed by atoms with Gasteiger partial charge in [0.2, 0.25) is 0 Å². The standard InChI is InChI=1S/C12H18O5S/c1-17-11(14)7-12(4-5-12)8-18(15,16)10-3-2-9(13)6-10/h10H,2-8H2,1H3. The Morgan fingerprint density at radius 1 is 1.44 bits per heavy atom. The summed E-state index contributed by atoms with van der Waals surface area (Å²) < 4.78 is 29.0. The van der Waals surface area contributed by atoms with Gasteiger partial charge in [0.1, 0.15) is 5.78 Å². The highest BCUT2D eigenvalue weighted by molar-refractivity contribution is 7.92. The van der Waals surface area contributed by atoms with Crippen molar-refractivity contribution in [1.82, 2.24) is 0 Å². The number of ketones is 1. The van der Waals surface area contributed by atoms with E-state index in [4.69, 9.17) is 0 Å². The fraction of sp³-hybridized carbons (Fsp3) is 0.833. The van der Waals surface area contributed by atoms with Crippen LogP contribution in [-0.4, -0.2) is 38.3 Å². The molecule has 0 amide bonds. The van der Waals surface area contributed by atoms with Gasteiger partial charge < -0.3 is 4.74 Å². The largest absolute Gasteiger partial charge is 0.469 e. The van der Waals surface area contributed by atoms with Crippen molar-refractivity contribution in [2.45, 2.75) is 43.8 Å². The maximum absolute atomic E-state index is 12.2. The zero-order chi connectivity index (χ0) is 13.4. The number of esters is 1. The lowest BCUT2D eigenvalue weighted by Crippen LogP contribution is -2.28. The second kappa shape index (κ2) is 4.64. The fourth-order valence-electron chi connectivity index (χ4n) is 2.56. The summed E-state index contributed by atoms with van der Waals surface area (Å²) in [5.74, 6) is -0.306. The summed E-state index contributed by atoms with van der Waals surface area (Å²) in [7, 11) is -1.96. The van der Waals surface area contributed by atoms with Crippen LogP contribution in [0.1, 0.15) is 38.5 Å². The van der Waals surface area contributed by atoms with E-state index in [0.29, 0.717) is 12.8 Å². The van der Waals surface area contributed by atoms with E-state index in [1.54, 1.807) is 0 Å². The van der Waals surface area contributed by atoms with Gasteiger partial charge in [-0.25, -0.2) is 8.42 Å². The average Bonchev–Trinajstić information content (AvgIpc) is 2.86. The first kappa shape index (κ1) is 13.5.